The molecule has 0 aromatic rings. The highest BCUT2D eigenvalue weighted by molar-refractivity contribution is 5.69. The number of hydrogen-bond donors (Lipinski definition) is 1. The van der Waals surface area contributed by atoms with Gasteiger partial charge in [-0.3, -0.25) is 0 Å². The van der Waals surface area contributed by atoms with Crippen LogP contribution in [0.5, 0.6) is 0 Å². The van der Waals surface area contributed by atoms with Gasteiger partial charge in [0.25, 0.3) is 0 Å². The molecule has 0 radical (unpaired) electrons. The highest BCUT2D eigenvalue weighted by Crippen LogP contribution is 2.13. The van der Waals surface area contributed by atoms with E-state index in [1.807, 2.05) is 6.92 Å². The lowest BCUT2D eigenvalue weighted by Crippen LogP contribution is -2.34. The van der Waals surface area contributed by atoms with Crippen molar-refractivity contribution >= 4 is 6.09 Å². The summed E-state index contributed by atoms with van der Waals surface area (Å²) in [5.41, 5.74) is 5.38. The summed E-state index contributed by atoms with van der Waals surface area (Å²) in [4.78, 5) is 12.7. The zero-order chi connectivity index (χ0) is 8.27. The number of nitrogens with zero attached hydrogens (tertiary/aromatic N) is 1. The van der Waals surface area contributed by atoms with Crippen molar-refractivity contribution in [1.82, 2.24) is 4.90 Å². The number of amides is 1. The third-order valence-electron chi connectivity index (χ3n) is 1.92. The van der Waals surface area contributed by atoms with Gasteiger partial charge in [-0.15, -0.1) is 0 Å². The van der Waals surface area contributed by atoms with Gasteiger partial charge in [0, 0.05) is 6.54 Å². The molecule has 11 heavy (non-hydrogen) atoms. The molecule has 2 N–H and O–H groups in total. The molecular weight excluding hydrogens is 144 g/mol. The third-order valence-corrected chi connectivity index (χ3v) is 1.92. The molecule has 1 fully saturated rings. The Bertz CT molecular complexity index is 149. The Morgan fingerprint density at radius 2 is 2.55 bits per heavy atom. The van der Waals surface area contributed by atoms with E-state index in [0.717, 1.165) is 6.42 Å². The van der Waals surface area contributed by atoms with E-state index in [-0.39, 0.29) is 12.1 Å². The van der Waals surface area contributed by atoms with Crippen LogP contribution in [0, 0.1) is 0 Å². The molecule has 0 spiro atoms. The molecule has 1 unspecified atom stereocenters. The first-order chi connectivity index (χ1) is 5.29. The fraction of sp³-hybridized carbons (Fsp3) is 0.857. The van der Waals surface area contributed by atoms with Gasteiger partial charge in [0.2, 0.25) is 0 Å². The summed E-state index contributed by atoms with van der Waals surface area (Å²) >= 11 is 0. The minimum Gasteiger partial charge on any atom is -0.447 e. The van der Waals surface area contributed by atoms with Crippen LogP contribution in [0.15, 0.2) is 0 Å². The smallest absolute Gasteiger partial charge is 0.410 e. The molecule has 1 saturated heterocycles. The largest absolute Gasteiger partial charge is 0.447 e. The first kappa shape index (κ1) is 8.33. The van der Waals surface area contributed by atoms with Crippen LogP contribution in [0.2, 0.25) is 0 Å². The van der Waals surface area contributed by atoms with Crippen molar-refractivity contribution in [3.05, 3.63) is 0 Å². The number of ether oxygens (including phenoxy) is 1. The summed E-state index contributed by atoms with van der Waals surface area (Å²) in [5, 5.41) is 0. The first-order valence-electron chi connectivity index (χ1n) is 3.93. The predicted octanol–water partition coefficient (Wildman–Crippen LogP) is 0.176. The van der Waals surface area contributed by atoms with Gasteiger partial charge in [-0.1, -0.05) is 0 Å². The van der Waals surface area contributed by atoms with Gasteiger partial charge in [-0.25, -0.2) is 4.79 Å². The van der Waals surface area contributed by atoms with Crippen LogP contribution >= 0.6 is 0 Å². The van der Waals surface area contributed by atoms with Gasteiger partial charge in [-0.05, 0) is 19.9 Å². The zero-order valence-corrected chi connectivity index (χ0v) is 6.75. The topological polar surface area (TPSA) is 55.6 Å². The Kier molecular flexibility index (Phi) is 2.70. The molecule has 0 bridgehead atoms. The van der Waals surface area contributed by atoms with Crippen molar-refractivity contribution in [3.63, 3.8) is 0 Å². The lowest BCUT2D eigenvalue weighted by Gasteiger charge is -2.17. The second kappa shape index (κ2) is 3.57. The molecular formula is C7H14N2O2. The Labute approximate surface area is 66.3 Å². The van der Waals surface area contributed by atoms with Gasteiger partial charge in [-0.2, -0.15) is 0 Å². The van der Waals surface area contributed by atoms with E-state index in [4.69, 9.17) is 10.5 Å². The molecule has 0 aromatic carbocycles. The summed E-state index contributed by atoms with van der Waals surface area (Å²) in [6, 6.07) is 0.206. The van der Waals surface area contributed by atoms with Crippen LogP contribution < -0.4 is 5.73 Å². The zero-order valence-electron chi connectivity index (χ0n) is 6.75. The van der Waals surface area contributed by atoms with Crippen LogP contribution in [0.25, 0.3) is 0 Å². The van der Waals surface area contributed by atoms with E-state index in [2.05, 4.69) is 0 Å². The van der Waals surface area contributed by atoms with E-state index >= 15 is 0 Å². The number of likely N-dealkylation sites (N-methyl/N-ethyl adjacent to an activating group) is 1. The molecule has 0 aliphatic carbocycles. The molecule has 1 heterocycles. The van der Waals surface area contributed by atoms with Gasteiger partial charge in [0.05, 0.1) is 6.04 Å². The Morgan fingerprint density at radius 1 is 1.82 bits per heavy atom. The van der Waals surface area contributed by atoms with Gasteiger partial charge >= 0.3 is 6.09 Å². The van der Waals surface area contributed by atoms with Crippen molar-refractivity contribution in [2.45, 2.75) is 19.4 Å². The van der Waals surface area contributed by atoms with Crippen molar-refractivity contribution in [3.8, 4) is 0 Å². The van der Waals surface area contributed by atoms with Crippen molar-refractivity contribution < 1.29 is 9.53 Å². The van der Waals surface area contributed by atoms with Gasteiger partial charge < -0.3 is 15.4 Å². The summed E-state index contributed by atoms with van der Waals surface area (Å²) < 4.78 is 4.85. The van der Waals surface area contributed by atoms with Gasteiger partial charge in [0.15, 0.2) is 0 Å². The number of rotatable bonds is 3. The fourth-order valence-electron chi connectivity index (χ4n) is 1.31. The third kappa shape index (κ3) is 1.63. The average Bonchev–Trinajstić information content (AvgIpc) is 2.33. The second-order valence-corrected chi connectivity index (χ2v) is 2.59. The van der Waals surface area contributed by atoms with Crippen molar-refractivity contribution in [1.29, 1.82) is 0 Å². The number of carbonyl (C=O) groups excluding carboxylic acids is 1. The quantitative estimate of drug-likeness (QED) is 0.637. The molecule has 0 aromatic heterocycles. The van der Waals surface area contributed by atoms with Crippen LogP contribution in [0.4, 0.5) is 4.79 Å². The number of hydrogen-bond acceptors (Lipinski definition) is 3. The standard InChI is InChI=1S/C7H14N2O2/c1-2-9-6(3-4-8)5-11-7(9)10/h6H,2-5,8H2,1H3. The van der Waals surface area contributed by atoms with Crippen LogP contribution in [0.1, 0.15) is 13.3 Å². The van der Waals surface area contributed by atoms with Crippen LogP contribution in [-0.2, 0) is 4.74 Å². The first-order valence-corrected chi connectivity index (χ1v) is 3.93. The maximum absolute atomic E-state index is 11.0. The molecule has 0 saturated carbocycles. The summed E-state index contributed by atoms with van der Waals surface area (Å²) in [6.45, 7) is 3.77. The van der Waals surface area contributed by atoms with E-state index in [0.29, 0.717) is 19.7 Å². The van der Waals surface area contributed by atoms with E-state index < -0.39 is 0 Å². The van der Waals surface area contributed by atoms with Crippen molar-refractivity contribution in [2.75, 3.05) is 19.7 Å². The summed E-state index contributed by atoms with van der Waals surface area (Å²) in [7, 11) is 0. The predicted molar refractivity (Wildman–Crippen MR) is 41.2 cm³/mol. The maximum atomic E-state index is 11.0. The molecule has 1 aliphatic rings. The summed E-state index contributed by atoms with van der Waals surface area (Å²) in [5.74, 6) is 0. The van der Waals surface area contributed by atoms with E-state index in [1.165, 1.54) is 0 Å². The van der Waals surface area contributed by atoms with Crippen LogP contribution in [-0.4, -0.2) is 36.7 Å². The minimum absolute atomic E-state index is 0.203. The molecule has 64 valence electrons. The average molecular weight is 158 g/mol. The number of carbonyl (C=O) groups is 1. The SMILES string of the molecule is CCN1C(=O)OCC1CCN. The Balaban J connectivity index is 2.47. The van der Waals surface area contributed by atoms with Crippen LogP contribution in [0.3, 0.4) is 0 Å². The maximum Gasteiger partial charge on any atom is 0.410 e. The molecule has 4 nitrogen and oxygen atoms in total. The highest BCUT2D eigenvalue weighted by atomic mass is 16.6. The van der Waals surface area contributed by atoms with E-state index in [1.54, 1.807) is 4.90 Å². The van der Waals surface area contributed by atoms with E-state index in [9.17, 15) is 4.79 Å². The normalized spacial score (nSPS) is 24.0. The lowest BCUT2D eigenvalue weighted by molar-refractivity contribution is 0.159. The Hall–Kier alpha value is -0.770. The molecule has 4 heteroatoms. The summed E-state index contributed by atoms with van der Waals surface area (Å²) in [6.07, 6.45) is 0.630. The molecule has 1 atom stereocenters. The molecule has 1 aliphatic heterocycles. The highest BCUT2D eigenvalue weighted by Gasteiger charge is 2.30. The lowest BCUT2D eigenvalue weighted by atomic mass is 10.2. The number of nitrogens with two attached hydrogens (primary N) is 1. The number of cyclic esters (lactones) is 1. The Morgan fingerprint density at radius 3 is 3.09 bits per heavy atom. The molecule has 1 amide bonds. The fourth-order valence-corrected chi connectivity index (χ4v) is 1.31. The van der Waals surface area contributed by atoms with Gasteiger partial charge in [0.1, 0.15) is 6.61 Å². The van der Waals surface area contributed by atoms with Crippen molar-refractivity contribution in [2.24, 2.45) is 5.73 Å². The second-order valence-electron chi connectivity index (χ2n) is 2.59. The molecule has 1 rings (SSSR count). The minimum atomic E-state index is -0.203. The monoisotopic (exact) mass is 158 g/mol.